The van der Waals surface area contributed by atoms with Crippen LogP contribution in [0.25, 0.3) is 5.82 Å². The molecule has 2 aliphatic heterocycles. The zero-order chi connectivity index (χ0) is 24.6. The van der Waals surface area contributed by atoms with Crippen LogP contribution in [-0.4, -0.2) is 66.1 Å². The third kappa shape index (κ3) is 5.08. The lowest BCUT2D eigenvalue weighted by Gasteiger charge is -2.39. The number of fused-ring (bicyclic) bond motifs is 2. The number of anilines is 1. The molecule has 2 aromatic rings. The zero-order valence-corrected chi connectivity index (χ0v) is 21.8. The molecular weight excluding hydrogens is 472 g/mol. The molecule has 1 unspecified atom stereocenters. The summed E-state index contributed by atoms with van der Waals surface area (Å²) in [6.07, 6.45) is -0.641. The third-order valence-corrected chi connectivity index (χ3v) is 6.79. The first-order valence-corrected chi connectivity index (χ1v) is 12.5. The van der Waals surface area contributed by atoms with Crippen LogP contribution in [0.15, 0.2) is 35.3 Å². The molecule has 8 nitrogen and oxygen atoms in total. The summed E-state index contributed by atoms with van der Waals surface area (Å²) in [6, 6.07) is 9.57. The molecule has 3 heterocycles. The minimum absolute atomic E-state index is 0.564. The van der Waals surface area contributed by atoms with Crippen LogP contribution < -0.4 is 14.8 Å². The Morgan fingerprint density at radius 2 is 1.82 bits per heavy atom. The number of amides is 1. The van der Waals surface area contributed by atoms with Crippen molar-refractivity contribution in [3.63, 3.8) is 0 Å². The van der Waals surface area contributed by atoms with E-state index in [1.807, 2.05) is 31.2 Å². The Hall–Kier alpha value is -2.56. The highest BCUT2D eigenvalue weighted by atomic mass is 32.1. The molecule has 0 spiro atoms. The fourth-order valence-electron chi connectivity index (χ4n) is 3.96. The molecule has 1 fully saturated rings. The summed E-state index contributed by atoms with van der Waals surface area (Å²) in [5.74, 6) is -1.31. The second-order valence-electron chi connectivity index (χ2n) is 8.99. The fourth-order valence-corrected chi connectivity index (χ4v) is 4.89. The molecule has 1 amide bonds. The van der Waals surface area contributed by atoms with Crippen molar-refractivity contribution in [3.05, 3.63) is 45.1 Å². The Morgan fingerprint density at radius 1 is 1.15 bits per heavy atom. The van der Waals surface area contributed by atoms with Gasteiger partial charge in [-0.05, 0) is 39.1 Å². The number of ether oxygens (including phenoxy) is 2. The summed E-state index contributed by atoms with van der Waals surface area (Å²) in [6.45, 7) is 9.97. The average molecular weight is 503 g/mol. The Bertz CT molecular complexity index is 1220. The van der Waals surface area contributed by atoms with E-state index in [1.165, 1.54) is 0 Å². The maximum atomic E-state index is 13.8. The first-order valence-electron chi connectivity index (χ1n) is 11.2. The predicted molar refractivity (Wildman–Crippen MR) is 136 cm³/mol. The number of hydrogen-bond acceptors (Lipinski definition) is 9. The second-order valence-corrected chi connectivity index (χ2v) is 11.0. The van der Waals surface area contributed by atoms with Gasteiger partial charge in [0, 0.05) is 44.9 Å². The van der Waals surface area contributed by atoms with Crippen molar-refractivity contribution in [1.82, 2.24) is 9.80 Å². The summed E-state index contributed by atoms with van der Waals surface area (Å²) in [7, 11) is 2.09. The van der Waals surface area contributed by atoms with Crippen molar-refractivity contribution in [1.29, 1.82) is 0 Å². The van der Waals surface area contributed by atoms with E-state index in [-0.39, 0.29) is 0 Å². The summed E-state index contributed by atoms with van der Waals surface area (Å²) in [5.41, 5.74) is 1.29. The van der Waals surface area contributed by atoms with Gasteiger partial charge in [-0.25, -0.2) is 14.7 Å². The van der Waals surface area contributed by atoms with Gasteiger partial charge in [-0.1, -0.05) is 12.1 Å². The fraction of sp³-hybridized carbons (Fsp3) is 0.458. The molecule has 1 saturated heterocycles. The molecule has 0 saturated carbocycles. The Morgan fingerprint density at radius 3 is 2.50 bits per heavy atom. The maximum absolute atomic E-state index is 13.8. The van der Waals surface area contributed by atoms with E-state index < -0.39 is 23.1 Å². The highest BCUT2D eigenvalue weighted by Crippen LogP contribution is 2.35. The molecule has 34 heavy (non-hydrogen) atoms. The van der Waals surface area contributed by atoms with Gasteiger partial charge < -0.3 is 19.3 Å². The Balaban J connectivity index is 1.83. The number of thiophene rings is 1. The summed E-state index contributed by atoms with van der Waals surface area (Å²) in [4.78, 5) is 38.0. The van der Waals surface area contributed by atoms with Crippen molar-refractivity contribution in [3.8, 4) is 0 Å². The SMILES string of the molecule is Cc1cc2c(s1)=Nc1ccccc1N(C(=O)OC(C)(C)OC(=O)C(C)S)C=2N1CCN(C)CC1. The maximum Gasteiger partial charge on any atom is 0.423 e. The zero-order valence-electron chi connectivity index (χ0n) is 20.1. The van der Waals surface area contributed by atoms with E-state index in [1.54, 1.807) is 37.0 Å². The van der Waals surface area contributed by atoms with E-state index >= 15 is 0 Å². The Kier molecular flexibility index (Phi) is 6.93. The number of carbonyl (C=O) groups is 2. The highest BCUT2D eigenvalue weighted by molar-refractivity contribution is 7.81. The normalized spacial score (nSPS) is 17.3. The van der Waals surface area contributed by atoms with Gasteiger partial charge in [0.25, 0.3) is 5.79 Å². The molecule has 0 aliphatic carbocycles. The van der Waals surface area contributed by atoms with E-state index in [9.17, 15) is 9.59 Å². The predicted octanol–water partition coefficient (Wildman–Crippen LogP) is 2.88. The molecular formula is C24H30N4O4S2. The lowest BCUT2D eigenvalue weighted by Crippen LogP contribution is -2.52. The molecule has 10 heteroatoms. The number of para-hydroxylation sites is 2. The van der Waals surface area contributed by atoms with Crippen molar-refractivity contribution < 1.29 is 19.1 Å². The van der Waals surface area contributed by atoms with Gasteiger partial charge in [0.2, 0.25) is 0 Å². The lowest BCUT2D eigenvalue weighted by atomic mass is 10.2. The van der Waals surface area contributed by atoms with E-state index in [0.717, 1.165) is 46.8 Å². The number of esters is 1. The van der Waals surface area contributed by atoms with Gasteiger partial charge in [-0.3, -0.25) is 4.79 Å². The quantitative estimate of drug-likeness (QED) is 0.394. The van der Waals surface area contributed by atoms with Crippen molar-refractivity contribution in [2.75, 3.05) is 38.1 Å². The van der Waals surface area contributed by atoms with Crippen molar-refractivity contribution in [2.45, 2.75) is 38.7 Å². The average Bonchev–Trinajstić information content (AvgIpc) is 3.05. The van der Waals surface area contributed by atoms with Crippen LogP contribution in [0.3, 0.4) is 0 Å². The van der Waals surface area contributed by atoms with Crippen LogP contribution >= 0.6 is 24.0 Å². The minimum atomic E-state index is -1.48. The summed E-state index contributed by atoms with van der Waals surface area (Å²) >= 11 is 5.71. The molecule has 2 aliphatic rings. The third-order valence-electron chi connectivity index (χ3n) is 5.64. The van der Waals surface area contributed by atoms with Gasteiger partial charge in [0.1, 0.15) is 10.5 Å². The van der Waals surface area contributed by atoms with Crippen molar-refractivity contribution >= 4 is 53.2 Å². The number of carbonyl (C=O) groups excluding carboxylic acids is 2. The van der Waals surface area contributed by atoms with Crippen molar-refractivity contribution in [2.24, 2.45) is 4.99 Å². The minimum Gasteiger partial charge on any atom is -0.422 e. The van der Waals surface area contributed by atoms with Crippen LogP contribution in [-0.2, 0) is 14.3 Å². The number of benzene rings is 1. The van der Waals surface area contributed by atoms with Crippen LogP contribution in [0, 0.1) is 6.92 Å². The standard InChI is InChI=1S/C24H30N4O4S2/c1-15-14-17-20(34-15)25-18-8-6-7-9-19(18)28(21(17)27-12-10-26(5)11-13-27)23(30)32-24(3,4)31-22(29)16(2)33/h6-9,14,16,33H,10-13H2,1-5H3. The van der Waals surface area contributed by atoms with Gasteiger partial charge >= 0.3 is 12.1 Å². The molecule has 1 aromatic carbocycles. The molecule has 182 valence electrons. The van der Waals surface area contributed by atoms with E-state index in [4.69, 9.17) is 14.5 Å². The second kappa shape index (κ2) is 9.59. The van der Waals surface area contributed by atoms with E-state index in [0.29, 0.717) is 11.4 Å². The molecule has 1 aromatic heterocycles. The van der Waals surface area contributed by atoms with Crippen LogP contribution in [0.5, 0.6) is 0 Å². The molecule has 4 rings (SSSR count). The van der Waals surface area contributed by atoms with Crippen LogP contribution in [0.4, 0.5) is 16.2 Å². The molecule has 1 atom stereocenters. The van der Waals surface area contributed by atoms with Gasteiger partial charge in [0.15, 0.2) is 0 Å². The molecule has 0 N–H and O–H groups in total. The number of piperazine rings is 1. The first-order chi connectivity index (χ1) is 16.1. The number of nitrogens with zero attached hydrogens (tertiary/aromatic N) is 4. The smallest absolute Gasteiger partial charge is 0.422 e. The summed E-state index contributed by atoms with van der Waals surface area (Å²) in [5, 5.41) is 0.249. The number of aryl methyl sites for hydroxylation is 1. The number of hydrogen-bond donors (Lipinski definition) is 1. The first kappa shape index (κ1) is 24.6. The van der Waals surface area contributed by atoms with Crippen LogP contribution in [0.2, 0.25) is 0 Å². The molecule has 0 radical (unpaired) electrons. The highest BCUT2D eigenvalue weighted by Gasteiger charge is 2.37. The van der Waals surface area contributed by atoms with Gasteiger partial charge in [-0.2, -0.15) is 12.6 Å². The monoisotopic (exact) mass is 502 g/mol. The topological polar surface area (TPSA) is 74.7 Å². The number of rotatable bonds is 4. The van der Waals surface area contributed by atoms with Crippen LogP contribution in [0.1, 0.15) is 25.6 Å². The lowest BCUT2D eigenvalue weighted by molar-refractivity contribution is -0.192. The number of thiol groups is 1. The van der Waals surface area contributed by atoms with Gasteiger partial charge in [0.05, 0.1) is 21.8 Å². The van der Waals surface area contributed by atoms with Gasteiger partial charge in [-0.15, -0.1) is 11.3 Å². The van der Waals surface area contributed by atoms with E-state index in [2.05, 4.69) is 35.5 Å². The molecule has 0 bridgehead atoms. The summed E-state index contributed by atoms with van der Waals surface area (Å²) < 4.78 is 12.1. The largest absolute Gasteiger partial charge is 0.423 e. The number of likely N-dealkylation sites (N-methyl/N-ethyl adjacent to an activating group) is 1. The Labute approximate surface area is 208 Å².